The lowest BCUT2D eigenvalue weighted by atomic mass is 10.2. The Balaban J connectivity index is 2.61. The Hall–Kier alpha value is -2.68. The van der Waals surface area contributed by atoms with Crippen LogP contribution < -0.4 is 16.2 Å². The minimum absolute atomic E-state index is 0.157. The van der Waals surface area contributed by atoms with Crippen LogP contribution in [0.15, 0.2) is 23.4 Å². The molecule has 1 amide bonds. The van der Waals surface area contributed by atoms with Crippen LogP contribution in [0.1, 0.15) is 16.8 Å². The van der Waals surface area contributed by atoms with E-state index in [1.165, 1.54) is 25.1 Å². The lowest BCUT2D eigenvalue weighted by Gasteiger charge is -2.16. The summed E-state index contributed by atoms with van der Waals surface area (Å²) in [4.78, 5) is 29.6. The van der Waals surface area contributed by atoms with Gasteiger partial charge in [0.1, 0.15) is 18.9 Å². The molecule has 0 saturated heterocycles. The number of rotatable bonds is 9. The molecule has 0 aliphatic heterocycles. The van der Waals surface area contributed by atoms with E-state index in [1.54, 1.807) is 12.1 Å². The first-order valence-corrected chi connectivity index (χ1v) is 7.68. The van der Waals surface area contributed by atoms with Gasteiger partial charge in [0.2, 0.25) is 5.96 Å². The molecular weight excluding hydrogens is 352 g/mol. The maximum atomic E-state index is 12.3. The van der Waals surface area contributed by atoms with Gasteiger partial charge in [-0.15, -0.1) is 0 Å². The normalized spacial score (nSPS) is 9.88. The van der Waals surface area contributed by atoms with Gasteiger partial charge in [-0.3, -0.25) is 9.59 Å². The first-order valence-electron chi connectivity index (χ1n) is 7.30. The van der Waals surface area contributed by atoms with Crippen LogP contribution in [-0.2, 0) is 14.4 Å². The van der Waals surface area contributed by atoms with Gasteiger partial charge in [0.25, 0.3) is 5.91 Å². The molecule has 0 heterocycles. The Morgan fingerprint density at radius 1 is 1.24 bits per heavy atom. The third-order valence-electron chi connectivity index (χ3n) is 2.88. The van der Waals surface area contributed by atoms with E-state index in [4.69, 9.17) is 32.6 Å². The summed E-state index contributed by atoms with van der Waals surface area (Å²) in [7, 11) is 2.74. The number of hydrogen-bond donors (Lipinski definition) is 2. The number of oxime groups is 1. The first kappa shape index (κ1) is 20.4. The highest BCUT2D eigenvalue weighted by Gasteiger charge is 2.16. The number of amides is 1. The van der Waals surface area contributed by atoms with Crippen molar-refractivity contribution in [3.8, 4) is 5.75 Å². The van der Waals surface area contributed by atoms with E-state index in [0.29, 0.717) is 29.4 Å². The first-order chi connectivity index (χ1) is 11.8. The van der Waals surface area contributed by atoms with Crippen molar-refractivity contribution < 1.29 is 23.9 Å². The topological polar surface area (TPSA) is 129 Å². The van der Waals surface area contributed by atoms with Gasteiger partial charge < -0.3 is 30.7 Å². The van der Waals surface area contributed by atoms with Gasteiger partial charge in [-0.1, -0.05) is 11.6 Å². The smallest absolute Gasteiger partial charge is 0.325 e. The molecule has 1 rings (SSSR count). The summed E-state index contributed by atoms with van der Waals surface area (Å²) < 4.78 is 10.1. The molecule has 1 aromatic rings. The molecule has 0 aliphatic carbocycles. The number of hydrogen-bond acceptors (Lipinski definition) is 6. The van der Waals surface area contributed by atoms with Crippen LogP contribution in [0.25, 0.3) is 0 Å². The molecule has 25 heavy (non-hydrogen) atoms. The van der Waals surface area contributed by atoms with E-state index < -0.39 is 5.97 Å². The summed E-state index contributed by atoms with van der Waals surface area (Å²) in [5, 5.41) is 3.72. The average Bonchev–Trinajstić information content (AvgIpc) is 2.56. The Morgan fingerprint density at radius 2 is 1.96 bits per heavy atom. The zero-order valence-corrected chi connectivity index (χ0v) is 14.8. The van der Waals surface area contributed by atoms with E-state index in [2.05, 4.69) is 9.89 Å². The maximum absolute atomic E-state index is 12.3. The summed E-state index contributed by atoms with van der Waals surface area (Å²) in [6.07, 6.45) is 0.523. The number of carbonyl (C=O) groups is 2. The SMILES string of the molecule is COC(=O)CN(C)C(=O)c1cc(Cl)cc(OCCCON=C(N)N)c1. The summed E-state index contributed by atoms with van der Waals surface area (Å²) in [5.41, 5.74) is 10.5. The van der Waals surface area contributed by atoms with Crippen molar-refractivity contribution in [1.82, 2.24) is 4.90 Å². The molecule has 0 spiro atoms. The quantitative estimate of drug-likeness (QED) is 0.213. The number of guanidine groups is 1. The number of methoxy groups -OCH3 is 1. The number of nitrogens with zero attached hydrogens (tertiary/aromatic N) is 2. The molecule has 0 saturated carbocycles. The highest BCUT2D eigenvalue weighted by Crippen LogP contribution is 2.22. The number of carbonyl (C=O) groups excluding carboxylic acids is 2. The number of benzene rings is 1. The molecular formula is C15H21ClN4O5. The zero-order chi connectivity index (χ0) is 18.8. The Morgan fingerprint density at radius 3 is 2.60 bits per heavy atom. The van der Waals surface area contributed by atoms with E-state index in [-0.39, 0.29) is 25.0 Å². The minimum atomic E-state index is -0.518. The highest BCUT2D eigenvalue weighted by atomic mass is 35.5. The summed E-state index contributed by atoms with van der Waals surface area (Å²) in [6.45, 7) is 0.415. The molecule has 0 bridgehead atoms. The predicted octanol–water partition coefficient (Wildman–Crippen LogP) is 0.559. The van der Waals surface area contributed by atoms with Gasteiger partial charge in [-0.25, -0.2) is 0 Å². The number of nitrogens with two attached hydrogens (primary N) is 2. The van der Waals surface area contributed by atoms with Gasteiger partial charge in [0.15, 0.2) is 0 Å². The zero-order valence-electron chi connectivity index (χ0n) is 14.0. The van der Waals surface area contributed by atoms with E-state index in [1.807, 2.05) is 0 Å². The van der Waals surface area contributed by atoms with Crippen molar-refractivity contribution in [2.75, 3.05) is 33.9 Å². The summed E-state index contributed by atoms with van der Waals surface area (Å²) in [6, 6.07) is 4.61. The Kier molecular flexibility index (Phi) is 8.34. The van der Waals surface area contributed by atoms with Crippen molar-refractivity contribution in [2.24, 2.45) is 16.6 Å². The predicted molar refractivity (Wildman–Crippen MR) is 92.3 cm³/mol. The monoisotopic (exact) mass is 372 g/mol. The van der Waals surface area contributed by atoms with Crippen molar-refractivity contribution in [3.63, 3.8) is 0 Å². The van der Waals surface area contributed by atoms with Gasteiger partial charge in [-0.2, -0.15) is 0 Å². The second-order valence-electron chi connectivity index (χ2n) is 4.96. The van der Waals surface area contributed by atoms with E-state index >= 15 is 0 Å². The van der Waals surface area contributed by atoms with E-state index in [0.717, 1.165) is 0 Å². The summed E-state index contributed by atoms with van der Waals surface area (Å²) in [5.74, 6) is -0.636. The van der Waals surface area contributed by atoms with Crippen LogP contribution in [0, 0.1) is 0 Å². The van der Waals surface area contributed by atoms with Gasteiger partial charge in [0.05, 0.1) is 13.7 Å². The van der Waals surface area contributed by atoms with Crippen molar-refractivity contribution in [3.05, 3.63) is 28.8 Å². The molecule has 0 aliphatic rings. The molecule has 4 N–H and O–H groups in total. The molecule has 10 heteroatoms. The second-order valence-corrected chi connectivity index (χ2v) is 5.40. The number of halogens is 1. The van der Waals surface area contributed by atoms with Crippen molar-refractivity contribution >= 4 is 29.4 Å². The molecule has 0 aromatic heterocycles. The number of likely N-dealkylation sites (N-methyl/N-ethyl adjacent to an activating group) is 1. The number of ether oxygens (including phenoxy) is 2. The largest absolute Gasteiger partial charge is 0.493 e. The Bertz CT molecular complexity index is 634. The fourth-order valence-electron chi connectivity index (χ4n) is 1.75. The van der Waals surface area contributed by atoms with Gasteiger partial charge in [-0.05, 0) is 23.4 Å². The van der Waals surface area contributed by atoms with Crippen LogP contribution in [0.2, 0.25) is 5.02 Å². The Labute approximate surface area is 150 Å². The molecule has 1 aromatic carbocycles. The number of esters is 1. The van der Waals surface area contributed by atoms with E-state index in [9.17, 15) is 9.59 Å². The molecule has 9 nitrogen and oxygen atoms in total. The standard InChI is InChI=1S/C15H21ClN4O5/c1-20(9-13(21)23-2)14(22)10-6-11(16)8-12(7-10)24-4-3-5-25-19-15(17)18/h6-8H,3-5,9H2,1-2H3,(H4,17,18,19). The van der Waals surface area contributed by atoms with Crippen LogP contribution in [0.4, 0.5) is 0 Å². The third-order valence-corrected chi connectivity index (χ3v) is 3.10. The second kappa shape index (κ2) is 10.2. The van der Waals surface area contributed by atoms with Gasteiger partial charge >= 0.3 is 5.97 Å². The average molecular weight is 373 g/mol. The van der Waals surface area contributed by atoms with Crippen LogP contribution in [0.3, 0.4) is 0 Å². The minimum Gasteiger partial charge on any atom is -0.493 e. The third kappa shape index (κ3) is 7.62. The van der Waals surface area contributed by atoms with Gasteiger partial charge in [0, 0.05) is 24.1 Å². The molecule has 0 unspecified atom stereocenters. The highest BCUT2D eigenvalue weighted by molar-refractivity contribution is 6.31. The molecule has 0 radical (unpaired) electrons. The molecule has 0 fully saturated rings. The maximum Gasteiger partial charge on any atom is 0.325 e. The van der Waals surface area contributed by atoms with Crippen molar-refractivity contribution in [1.29, 1.82) is 0 Å². The molecule has 0 atom stereocenters. The lowest BCUT2D eigenvalue weighted by Crippen LogP contribution is -2.32. The molecule has 138 valence electrons. The fourth-order valence-corrected chi connectivity index (χ4v) is 1.98. The van der Waals surface area contributed by atoms with Crippen LogP contribution in [-0.4, -0.2) is 56.7 Å². The summed E-state index contributed by atoms with van der Waals surface area (Å²) >= 11 is 6.02. The van der Waals surface area contributed by atoms with Crippen LogP contribution in [0.5, 0.6) is 5.75 Å². The van der Waals surface area contributed by atoms with Crippen molar-refractivity contribution in [2.45, 2.75) is 6.42 Å². The lowest BCUT2D eigenvalue weighted by molar-refractivity contribution is -0.141. The fraction of sp³-hybridized carbons (Fsp3) is 0.400. The van der Waals surface area contributed by atoms with Crippen LogP contribution >= 0.6 is 11.6 Å².